The predicted octanol–water partition coefficient (Wildman–Crippen LogP) is 1.52. The minimum atomic E-state index is 0.879. The summed E-state index contributed by atoms with van der Waals surface area (Å²) in [5.74, 6) is 0. The first kappa shape index (κ1) is 13.9. The Labute approximate surface area is 113 Å². The van der Waals surface area contributed by atoms with Crippen LogP contribution in [-0.4, -0.2) is 49.3 Å². The van der Waals surface area contributed by atoms with Gasteiger partial charge in [-0.3, -0.25) is 4.90 Å². The van der Waals surface area contributed by atoms with Crippen LogP contribution in [0.3, 0.4) is 0 Å². The van der Waals surface area contributed by atoms with Gasteiger partial charge in [-0.2, -0.15) is 0 Å². The van der Waals surface area contributed by atoms with Crippen molar-refractivity contribution in [2.45, 2.75) is 26.3 Å². The second-order valence-corrected chi connectivity index (χ2v) is 5.56. The van der Waals surface area contributed by atoms with Gasteiger partial charge in [0.1, 0.15) is 0 Å². The number of rotatable bonds is 7. The quantitative estimate of drug-likeness (QED) is 0.762. The van der Waals surface area contributed by atoms with Gasteiger partial charge in [0.15, 0.2) is 0 Å². The molecule has 2 heterocycles. The van der Waals surface area contributed by atoms with Crippen molar-refractivity contribution in [2.75, 3.05) is 39.4 Å². The molecule has 1 aliphatic heterocycles. The van der Waals surface area contributed by atoms with Gasteiger partial charge in [0.2, 0.25) is 0 Å². The van der Waals surface area contributed by atoms with Crippen molar-refractivity contribution < 1.29 is 4.74 Å². The lowest BCUT2D eigenvalue weighted by Crippen LogP contribution is -2.37. The standard InChI is InChI=1S/C13H23N3OS/c1-2-4-14-10-12-11-18-13(15-12)3-5-16-6-8-17-9-7-16/h11,14H,2-10H2,1H3. The van der Waals surface area contributed by atoms with Crippen LogP contribution in [0.2, 0.25) is 0 Å². The van der Waals surface area contributed by atoms with Gasteiger partial charge in [-0.05, 0) is 13.0 Å². The van der Waals surface area contributed by atoms with E-state index in [-0.39, 0.29) is 0 Å². The molecule has 0 radical (unpaired) electrons. The largest absolute Gasteiger partial charge is 0.379 e. The third-order valence-electron chi connectivity index (χ3n) is 3.08. The van der Waals surface area contributed by atoms with Crippen LogP contribution >= 0.6 is 11.3 Å². The molecule has 0 bridgehead atoms. The van der Waals surface area contributed by atoms with Crippen molar-refractivity contribution in [2.24, 2.45) is 0 Å². The average molecular weight is 269 g/mol. The zero-order chi connectivity index (χ0) is 12.6. The number of morpholine rings is 1. The normalized spacial score (nSPS) is 17.2. The maximum Gasteiger partial charge on any atom is 0.0941 e. The Balaban J connectivity index is 1.69. The zero-order valence-electron chi connectivity index (χ0n) is 11.2. The molecule has 0 aromatic carbocycles. The third-order valence-corrected chi connectivity index (χ3v) is 4.04. The zero-order valence-corrected chi connectivity index (χ0v) is 12.0. The molecule has 0 saturated carbocycles. The van der Waals surface area contributed by atoms with E-state index < -0.39 is 0 Å². The maximum atomic E-state index is 5.35. The number of ether oxygens (including phenoxy) is 1. The summed E-state index contributed by atoms with van der Waals surface area (Å²) in [6.45, 7) is 9.16. The fourth-order valence-electron chi connectivity index (χ4n) is 2.02. The van der Waals surface area contributed by atoms with E-state index in [9.17, 15) is 0 Å². The SMILES string of the molecule is CCCNCc1csc(CCN2CCOCC2)n1. The molecule has 0 aliphatic carbocycles. The summed E-state index contributed by atoms with van der Waals surface area (Å²) in [6.07, 6.45) is 2.24. The molecule has 1 aromatic rings. The van der Waals surface area contributed by atoms with Crippen molar-refractivity contribution in [3.05, 3.63) is 16.1 Å². The second kappa shape index (κ2) is 7.84. The Bertz CT molecular complexity index is 337. The van der Waals surface area contributed by atoms with Crippen LogP contribution in [0.1, 0.15) is 24.0 Å². The minimum Gasteiger partial charge on any atom is -0.379 e. The fourth-order valence-corrected chi connectivity index (χ4v) is 2.80. The molecule has 18 heavy (non-hydrogen) atoms. The van der Waals surface area contributed by atoms with Crippen LogP contribution in [-0.2, 0) is 17.7 Å². The fraction of sp³-hybridized carbons (Fsp3) is 0.769. The number of nitrogens with zero attached hydrogens (tertiary/aromatic N) is 2. The minimum absolute atomic E-state index is 0.879. The lowest BCUT2D eigenvalue weighted by molar-refractivity contribution is 0.0384. The van der Waals surface area contributed by atoms with E-state index in [4.69, 9.17) is 4.74 Å². The second-order valence-electron chi connectivity index (χ2n) is 4.61. The lowest BCUT2D eigenvalue weighted by Gasteiger charge is -2.25. The molecule has 2 rings (SSSR count). The third kappa shape index (κ3) is 4.65. The highest BCUT2D eigenvalue weighted by Crippen LogP contribution is 2.11. The van der Waals surface area contributed by atoms with Gasteiger partial charge >= 0.3 is 0 Å². The van der Waals surface area contributed by atoms with Gasteiger partial charge in [0.05, 0.1) is 23.9 Å². The summed E-state index contributed by atoms with van der Waals surface area (Å²) < 4.78 is 5.35. The van der Waals surface area contributed by atoms with E-state index in [1.807, 2.05) is 0 Å². The Morgan fingerprint density at radius 2 is 2.28 bits per heavy atom. The highest BCUT2D eigenvalue weighted by atomic mass is 32.1. The highest BCUT2D eigenvalue weighted by Gasteiger charge is 2.11. The number of hydrogen-bond acceptors (Lipinski definition) is 5. The summed E-state index contributed by atoms with van der Waals surface area (Å²) in [5, 5.41) is 6.82. The van der Waals surface area contributed by atoms with Gasteiger partial charge in [0, 0.05) is 38.0 Å². The molecule has 0 unspecified atom stereocenters. The van der Waals surface area contributed by atoms with E-state index in [1.165, 1.54) is 17.1 Å². The molecule has 0 amide bonds. The average Bonchev–Trinajstić information content (AvgIpc) is 2.86. The monoisotopic (exact) mass is 269 g/mol. The Kier molecular flexibility index (Phi) is 6.07. The molecule has 1 saturated heterocycles. The van der Waals surface area contributed by atoms with E-state index in [0.717, 1.165) is 52.4 Å². The molecule has 0 atom stereocenters. The molecule has 1 aromatic heterocycles. The molecule has 1 N–H and O–H groups in total. The summed E-state index contributed by atoms with van der Waals surface area (Å²) in [6, 6.07) is 0. The Hall–Kier alpha value is -0.490. The highest BCUT2D eigenvalue weighted by molar-refractivity contribution is 7.09. The molecular weight excluding hydrogens is 246 g/mol. The molecular formula is C13H23N3OS. The van der Waals surface area contributed by atoms with Gasteiger partial charge in [-0.1, -0.05) is 6.92 Å². The first-order valence-electron chi connectivity index (χ1n) is 6.82. The van der Waals surface area contributed by atoms with Crippen LogP contribution < -0.4 is 5.32 Å². The van der Waals surface area contributed by atoms with Gasteiger partial charge in [0.25, 0.3) is 0 Å². The van der Waals surface area contributed by atoms with Crippen molar-refractivity contribution in [1.82, 2.24) is 15.2 Å². The predicted molar refractivity (Wildman–Crippen MR) is 75.1 cm³/mol. The van der Waals surface area contributed by atoms with E-state index >= 15 is 0 Å². The van der Waals surface area contributed by atoms with Crippen molar-refractivity contribution >= 4 is 11.3 Å². The van der Waals surface area contributed by atoms with Gasteiger partial charge in [-0.25, -0.2) is 4.98 Å². The number of hydrogen-bond donors (Lipinski definition) is 1. The smallest absolute Gasteiger partial charge is 0.0941 e. The van der Waals surface area contributed by atoms with Crippen LogP contribution in [0.25, 0.3) is 0 Å². The molecule has 1 aliphatic rings. The van der Waals surface area contributed by atoms with E-state index in [1.54, 1.807) is 11.3 Å². The molecule has 102 valence electrons. The maximum absolute atomic E-state index is 5.35. The molecule has 5 heteroatoms. The number of nitrogens with one attached hydrogen (secondary N) is 1. The first-order valence-corrected chi connectivity index (χ1v) is 7.70. The first-order chi connectivity index (χ1) is 8.88. The van der Waals surface area contributed by atoms with Gasteiger partial charge < -0.3 is 10.1 Å². The van der Waals surface area contributed by atoms with Crippen LogP contribution in [0.4, 0.5) is 0 Å². The summed E-state index contributed by atoms with van der Waals surface area (Å²) in [5.41, 5.74) is 1.19. The molecule has 1 fully saturated rings. The lowest BCUT2D eigenvalue weighted by atomic mass is 10.3. The van der Waals surface area contributed by atoms with E-state index in [2.05, 4.69) is 27.5 Å². The van der Waals surface area contributed by atoms with Gasteiger partial charge in [-0.15, -0.1) is 11.3 Å². The van der Waals surface area contributed by atoms with Crippen LogP contribution in [0.5, 0.6) is 0 Å². The van der Waals surface area contributed by atoms with Crippen LogP contribution in [0, 0.1) is 0 Å². The number of thiazole rings is 1. The summed E-state index contributed by atoms with van der Waals surface area (Å²) in [7, 11) is 0. The summed E-state index contributed by atoms with van der Waals surface area (Å²) >= 11 is 1.79. The van der Waals surface area contributed by atoms with E-state index in [0.29, 0.717) is 0 Å². The topological polar surface area (TPSA) is 37.4 Å². The molecule has 0 spiro atoms. The summed E-state index contributed by atoms with van der Waals surface area (Å²) in [4.78, 5) is 7.12. The van der Waals surface area contributed by atoms with Crippen molar-refractivity contribution in [3.8, 4) is 0 Å². The van der Waals surface area contributed by atoms with Crippen molar-refractivity contribution in [1.29, 1.82) is 0 Å². The Morgan fingerprint density at radius 1 is 1.44 bits per heavy atom. The molecule has 4 nitrogen and oxygen atoms in total. The van der Waals surface area contributed by atoms with Crippen molar-refractivity contribution in [3.63, 3.8) is 0 Å². The Morgan fingerprint density at radius 3 is 3.06 bits per heavy atom. The number of aromatic nitrogens is 1. The van der Waals surface area contributed by atoms with Crippen LogP contribution in [0.15, 0.2) is 5.38 Å².